The fourth-order valence-corrected chi connectivity index (χ4v) is 3.84. The van der Waals surface area contributed by atoms with Gasteiger partial charge < -0.3 is 13.9 Å². The van der Waals surface area contributed by atoms with Gasteiger partial charge in [-0.1, -0.05) is 48.5 Å². The van der Waals surface area contributed by atoms with Crippen LogP contribution in [0.3, 0.4) is 0 Å². The number of esters is 1. The standard InChI is InChI=1S/C28H22N4O6/c1-2-36-28(35)29-20-13-14-22-19(15-24(33)38-23(22)16-20)17-37-27(34)25-30-26(18-9-5-3-6-10-18)32(31-25)21-11-7-4-8-12-21/h3-16H,2,17H2,1H3,(H,29,35). The number of fused-ring (bicyclic) bond motifs is 1. The summed E-state index contributed by atoms with van der Waals surface area (Å²) in [4.78, 5) is 41.3. The lowest BCUT2D eigenvalue weighted by atomic mass is 10.1. The number of carbonyl (C=O) groups is 2. The Morgan fingerprint density at radius 1 is 0.947 bits per heavy atom. The highest BCUT2D eigenvalue weighted by molar-refractivity contribution is 5.90. The number of hydrogen-bond acceptors (Lipinski definition) is 8. The fraction of sp³-hybridized carbons (Fsp3) is 0.107. The molecule has 2 aromatic heterocycles. The quantitative estimate of drug-likeness (QED) is 0.240. The van der Waals surface area contributed by atoms with Crippen LogP contribution in [-0.2, 0) is 16.1 Å². The van der Waals surface area contributed by atoms with Crippen molar-refractivity contribution < 1.29 is 23.5 Å². The zero-order chi connectivity index (χ0) is 26.5. The van der Waals surface area contributed by atoms with Gasteiger partial charge in [-0.2, -0.15) is 0 Å². The molecule has 3 aromatic carbocycles. The molecule has 0 spiro atoms. The lowest BCUT2D eigenvalue weighted by Crippen LogP contribution is -2.13. The van der Waals surface area contributed by atoms with Gasteiger partial charge in [0.2, 0.25) is 0 Å². The largest absolute Gasteiger partial charge is 0.455 e. The molecule has 0 fully saturated rings. The molecule has 0 saturated carbocycles. The summed E-state index contributed by atoms with van der Waals surface area (Å²) in [5.41, 5.74) is 1.92. The van der Waals surface area contributed by atoms with Crippen molar-refractivity contribution >= 4 is 28.7 Å². The second-order valence-corrected chi connectivity index (χ2v) is 8.10. The zero-order valence-corrected chi connectivity index (χ0v) is 20.3. The third-order valence-electron chi connectivity index (χ3n) is 5.53. The summed E-state index contributed by atoms with van der Waals surface area (Å²) in [6.07, 6.45) is -0.628. The van der Waals surface area contributed by atoms with E-state index in [2.05, 4.69) is 15.4 Å². The minimum Gasteiger partial charge on any atom is -0.455 e. The maximum Gasteiger partial charge on any atom is 0.411 e. The Bertz CT molecular complexity index is 1600. The molecule has 0 atom stereocenters. The highest BCUT2D eigenvalue weighted by Gasteiger charge is 2.20. The highest BCUT2D eigenvalue weighted by Crippen LogP contribution is 2.24. The fourth-order valence-electron chi connectivity index (χ4n) is 3.84. The van der Waals surface area contributed by atoms with Gasteiger partial charge in [-0.25, -0.2) is 24.0 Å². The normalized spacial score (nSPS) is 10.8. The van der Waals surface area contributed by atoms with Gasteiger partial charge in [0.15, 0.2) is 5.82 Å². The minimum atomic E-state index is -0.751. The number of rotatable bonds is 7. The van der Waals surface area contributed by atoms with Crippen molar-refractivity contribution in [2.45, 2.75) is 13.5 Å². The topological polar surface area (TPSA) is 126 Å². The smallest absolute Gasteiger partial charge is 0.411 e. The second kappa shape index (κ2) is 10.8. The summed E-state index contributed by atoms with van der Waals surface area (Å²) in [5, 5.41) is 7.50. The van der Waals surface area contributed by atoms with Gasteiger partial charge in [-0.3, -0.25) is 5.32 Å². The molecule has 0 unspecified atom stereocenters. The Kier molecular flexibility index (Phi) is 6.94. The molecule has 2 heterocycles. The lowest BCUT2D eigenvalue weighted by molar-refractivity contribution is 0.0459. The van der Waals surface area contributed by atoms with Crippen LogP contribution in [0.4, 0.5) is 10.5 Å². The molecule has 10 nitrogen and oxygen atoms in total. The van der Waals surface area contributed by atoms with Crippen molar-refractivity contribution in [1.29, 1.82) is 0 Å². The van der Waals surface area contributed by atoms with Crippen LogP contribution in [0.2, 0.25) is 0 Å². The average Bonchev–Trinajstić information content (AvgIpc) is 3.38. The van der Waals surface area contributed by atoms with E-state index in [1.54, 1.807) is 23.7 Å². The predicted octanol–water partition coefficient (Wildman–Crippen LogP) is 4.97. The van der Waals surface area contributed by atoms with Gasteiger partial charge in [0, 0.05) is 34.3 Å². The molecule has 0 aliphatic carbocycles. The molecule has 190 valence electrons. The van der Waals surface area contributed by atoms with E-state index < -0.39 is 17.7 Å². The number of nitrogens with zero attached hydrogens (tertiary/aromatic N) is 3. The Balaban J connectivity index is 1.40. The third kappa shape index (κ3) is 5.29. The van der Waals surface area contributed by atoms with E-state index in [0.29, 0.717) is 22.5 Å². The summed E-state index contributed by atoms with van der Waals surface area (Å²) in [7, 11) is 0. The van der Waals surface area contributed by atoms with Crippen LogP contribution in [0, 0.1) is 0 Å². The van der Waals surface area contributed by atoms with Crippen LogP contribution in [0.25, 0.3) is 28.0 Å². The first kappa shape index (κ1) is 24.4. The summed E-state index contributed by atoms with van der Waals surface area (Å²) in [5.74, 6) is -0.393. The summed E-state index contributed by atoms with van der Waals surface area (Å²) < 4.78 is 17.2. The molecule has 5 rings (SSSR count). The molecule has 0 saturated heterocycles. The van der Waals surface area contributed by atoms with E-state index in [1.807, 2.05) is 60.7 Å². The Morgan fingerprint density at radius 3 is 2.42 bits per heavy atom. The molecule has 0 aliphatic rings. The van der Waals surface area contributed by atoms with Crippen LogP contribution in [0.15, 0.2) is 94.1 Å². The lowest BCUT2D eigenvalue weighted by Gasteiger charge is -2.08. The number of aromatic nitrogens is 3. The van der Waals surface area contributed by atoms with E-state index in [4.69, 9.17) is 13.9 Å². The monoisotopic (exact) mass is 510 g/mol. The number of anilines is 1. The molecule has 0 aliphatic heterocycles. The Morgan fingerprint density at radius 2 is 1.68 bits per heavy atom. The van der Waals surface area contributed by atoms with E-state index in [1.165, 1.54) is 12.1 Å². The number of para-hydroxylation sites is 1. The van der Waals surface area contributed by atoms with E-state index in [-0.39, 0.29) is 24.6 Å². The van der Waals surface area contributed by atoms with Crippen molar-refractivity contribution in [2.24, 2.45) is 0 Å². The number of benzene rings is 3. The summed E-state index contributed by atoms with van der Waals surface area (Å²) >= 11 is 0. The van der Waals surface area contributed by atoms with Crippen molar-refractivity contribution in [3.8, 4) is 17.1 Å². The zero-order valence-electron chi connectivity index (χ0n) is 20.3. The van der Waals surface area contributed by atoms with Gasteiger partial charge in [0.05, 0.1) is 12.3 Å². The van der Waals surface area contributed by atoms with Crippen molar-refractivity contribution in [2.75, 3.05) is 11.9 Å². The van der Waals surface area contributed by atoms with E-state index in [9.17, 15) is 14.4 Å². The molecule has 1 amide bonds. The first-order valence-electron chi connectivity index (χ1n) is 11.8. The van der Waals surface area contributed by atoms with Crippen molar-refractivity contribution in [1.82, 2.24) is 14.8 Å². The first-order chi connectivity index (χ1) is 18.5. The third-order valence-corrected chi connectivity index (χ3v) is 5.53. The van der Waals surface area contributed by atoms with Crippen molar-refractivity contribution in [3.63, 3.8) is 0 Å². The number of ether oxygens (including phenoxy) is 2. The predicted molar refractivity (Wildman–Crippen MR) is 139 cm³/mol. The average molecular weight is 511 g/mol. The van der Waals surface area contributed by atoms with Crippen LogP contribution in [0.1, 0.15) is 23.1 Å². The molecular formula is C28H22N4O6. The number of carbonyl (C=O) groups excluding carboxylic acids is 2. The molecule has 0 radical (unpaired) electrons. The molecule has 10 heteroatoms. The van der Waals surface area contributed by atoms with Crippen molar-refractivity contribution in [3.05, 3.63) is 107 Å². The maximum atomic E-state index is 13.0. The molecule has 0 bridgehead atoms. The summed E-state index contributed by atoms with van der Waals surface area (Å²) in [6, 6.07) is 24.7. The van der Waals surface area contributed by atoms with Gasteiger partial charge in [-0.05, 0) is 31.2 Å². The van der Waals surface area contributed by atoms with Crippen LogP contribution in [-0.4, -0.2) is 33.4 Å². The number of hydrogen-bond donors (Lipinski definition) is 1. The minimum absolute atomic E-state index is 0.124. The summed E-state index contributed by atoms with van der Waals surface area (Å²) in [6.45, 7) is 1.69. The highest BCUT2D eigenvalue weighted by atomic mass is 16.5. The van der Waals surface area contributed by atoms with Crippen LogP contribution in [0.5, 0.6) is 0 Å². The second-order valence-electron chi connectivity index (χ2n) is 8.10. The molecule has 5 aromatic rings. The van der Waals surface area contributed by atoms with Crippen LogP contribution < -0.4 is 10.9 Å². The first-order valence-corrected chi connectivity index (χ1v) is 11.8. The van der Waals surface area contributed by atoms with Gasteiger partial charge >= 0.3 is 17.7 Å². The Labute approximate surface area is 216 Å². The van der Waals surface area contributed by atoms with Gasteiger partial charge in [-0.15, -0.1) is 5.10 Å². The number of amides is 1. The molecule has 38 heavy (non-hydrogen) atoms. The number of nitrogens with one attached hydrogen (secondary N) is 1. The van der Waals surface area contributed by atoms with Gasteiger partial charge in [0.1, 0.15) is 12.2 Å². The van der Waals surface area contributed by atoms with E-state index >= 15 is 0 Å². The molecular weight excluding hydrogens is 488 g/mol. The van der Waals surface area contributed by atoms with E-state index in [0.717, 1.165) is 11.3 Å². The maximum absolute atomic E-state index is 13.0. The van der Waals surface area contributed by atoms with Crippen LogP contribution >= 0.6 is 0 Å². The SMILES string of the molecule is CCOC(=O)Nc1ccc2c(COC(=O)c3nc(-c4ccccc4)n(-c4ccccc4)n3)cc(=O)oc2c1. The van der Waals surface area contributed by atoms with Gasteiger partial charge in [0.25, 0.3) is 5.82 Å². The molecule has 1 N–H and O–H groups in total. The Hall–Kier alpha value is -5.25.